The molecule has 6 rings (SSSR count). The van der Waals surface area contributed by atoms with Crippen LogP contribution in [0.1, 0.15) is 58.3 Å². The van der Waals surface area contributed by atoms with E-state index in [4.69, 9.17) is 4.74 Å². The minimum Gasteiger partial charge on any atom is -0.495 e. The summed E-state index contributed by atoms with van der Waals surface area (Å²) in [5.41, 5.74) is 0.847. The molecule has 1 heterocycles. The van der Waals surface area contributed by atoms with Crippen LogP contribution in [0.3, 0.4) is 0 Å². The Labute approximate surface area is 189 Å². The number of carbonyl (C=O) groups excluding carboxylic acids is 3. The van der Waals surface area contributed by atoms with Crippen molar-refractivity contribution < 1.29 is 19.1 Å². The van der Waals surface area contributed by atoms with E-state index in [-0.39, 0.29) is 23.1 Å². The van der Waals surface area contributed by atoms with Crippen molar-refractivity contribution in [2.24, 2.45) is 23.2 Å². The minimum atomic E-state index is -0.454. The highest BCUT2D eigenvalue weighted by Crippen LogP contribution is 2.60. The van der Waals surface area contributed by atoms with Crippen LogP contribution in [0.4, 0.5) is 11.4 Å². The number of hydrogen-bond acceptors (Lipinski definition) is 4. The van der Waals surface area contributed by atoms with Crippen LogP contribution in [0.5, 0.6) is 5.75 Å². The Bertz CT molecular complexity index is 908. The van der Waals surface area contributed by atoms with Gasteiger partial charge in [0, 0.05) is 19.2 Å². The number of methoxy groups -OCH3 is 1. The number of amides is 3. The molecule has 5 aliphatic rings. The Balaban J connectivity index is 1.33. The van der Waals surface area contributed by atoms with E-state index in [1.54, 1.807) is 25.3 Å². The van der Waals surface area contributed by atoms with E-state index in [1.165, 1.54) is 26.2 Å². The van der Waals surface area contributed by atoms with Crippen molar-refractivity contribution in [1.29, 1.82) is 0 Å². The fourth-order valence-corrected chi connectivity index (χ4v) is 7.26. The number of nitrogens with zero attached hydrogens (tertiary/aromatic N) is 1. The van der Waals surface area contributed by atoms with E-state index in [9.17, 15) is 14.4 Å². The topological polar surface area (TPSA) is 87.7 Å². The van der Waals surface area contributed by atoms with Gasteiger partial charge in [0.15, 0.2) is 0 Å². The van der Waals surface area contributed by atoms with E-state index in [1.807, 2.05) is 4.90 Å². The molecule has 7 heteroatoms. The zero-order chi connectivity index (χ0) is 22.5. The molecule has 1 saturated heterocycles. The first-order chi connectivity index (χ1) is 15.4. The van der Waals surface area contributed by atoms with Crippen LogP contribution in [-0.2, 0) is 14.4 Å². The molecule has 0 aromatic heterocycles. The molecule has 1 aromatic rings. The highest BCUT2D eigenvalue weighted by molar-refractivity contribution is 6.00. The third-order valence-corrected chi connectivity index (χ3v) is 8.09. The van der Waals surface area contributed by atoms with Crippen molar-refractivity contribution in [3.63, 3.8) is 0 Å². The monoisotopic (exact) mass is 439 g/mol. The zero-order valence-electron chi connectivity index (χ0n) is 19.0. The average molecular weight is 440 g/mol. The van der Waals surface area contributed by atoms with Crippen molar-refractivity contribution in [3.8, 4) is 5.75 Å². The summed E-state index contributed by atoms with van der Waals surface area (Å²) in [6.07, 6.45) is 8.43. The highest BCUT2D eigenvalue weighted by Gasteiger charge is 2.56. The molecule has 5 fully saturated rings. The molecule has 1 aliphatic heterocycles. The quantitative estimate of drug-likeness (QED) is 0.731. The van der Waals surface area contributed by atoms with E-state index >= 15 is 0 Å². The second kappa shape index (κ2) is 8.09. The fourth-order valence-electron chi connectivity index (χ4n) is 7.26. The van der Waals surface area contributed by atoms with Crippen LogP contribution in [-0.4, -0.2) is 42.3 Å². The van der Waals surface area contributed by atoms with Gasteiger partial charge in [-0.2, -0.15) is 0 Å². The third-order valence-electron chi connectivity index (χ3n) is 8.09. The maximum Gasteiger partial charge on any atom is 0.247 e. The molecule has 1 aromatic carbocycles. The Kier molecular flexibility index (Phi) is 5.38. The standard InChI is InChI=1S/C25H33N3O4/c1-15(29)26-19-5-6-22(32-2)20(11-19)27-23(30)21-4-3-7-28(21)24(31)25-12-16-8-17(13-25)10-18(9-16)14-25/h5-6,11,16-18,21H,3-4,7-10,12-14H2,1-2H3,(H,26,29)(H,27,30). The number of anilines is 2. The predicted molar refractivity (Wildman–Crippen MR) is 121 cm³/mol. The molecule has 0 spiro atoms. The molecule has 32 heavy (non-hydrogen) atoms. The number of nitrogens with one attached hydrogen (secondary N) is 2. The van der Waals surface area contributed by atoms with Crippen LogP contribution >= 0.6 is 0 Å². The maximum absolute atomic E-state index is 13.8. The number of benzene rings is 1. The molecule has 3 amide bonds. The predicted octanol–water partition coefficient (Wildman–Crippen LogP) is 3.80. The van der Waals surface area contributed by atoms with Crippen LogP contribution in [0.15, 0.2) is 18.2 Å². The van der Waals surface area contributed by atoms with Crippen molar-refractivity contribution in [2.75, 3.05) is 24.3 Å². The first-order valence-corrected chi connectivity index (χ1v) is 11.9. The number of hydrogen-bond donors (Lipinski definition) is 2. The van der Waals surface area contributed by atoms with Gasteiger partial charge in [-0.15, -0.1) is 0 Å². The maximum atomic E-state index is 13.8. The minimum absolute atomic E-state index is 0.182. The first kappa shape index (κ1) is 21.3. The second-order valence-electron chi connectivity index (χ2n) is 10.4. The van der Waals surface area contributed by atoms with Gasteiger partial charge in [-0.05, 0) is 87.3 Å². The van der Waals surface area contributed by atoms with Gasteiger partial charge in [-0.25, -0.2) is 0 Å². The smallest absolute Gasteiger partial charge is 0.247 e. The lowest BCUT2D eigenvalue weighted by atomic mass is 9.49. The molecule has 2 N–H and O–H groups in total. The lowest BCUT2D eigenvalue weighted by Crippen LogP contribution is -2.56. The normalized spacial score (nSPS) is 32.6. The summed E-state index contributed by atoms with van der Waals surface area (Å²) in [6, 6.07) is 4.69. The highest BCUT2D eigenvalue weighted by atomic mass is 16.5. The Morgan fingerprint density at radius 1 is 1.03 bits per heavy atom. The summed E-state index contributed by atoms with van der Waals surface area (Å²) in [5, 5.41) is 5.70. The van der Waals surface area contributed by atoms with Crippen LogP contribution in [0.25, 0.3) is 0 Å². The van der Waals surface area contributed by atoms with Gasteiger partial charge >= 0.3 is 0 Å². The van der Waals surface area contributed by atoms with Crippen molar-refractivity contribution in [1.82, 2.24) is 4.90 Å². The van der Waals surface area contributed by atoms with Gasteiger partial charge in [0.2, 0.25) is 17.7 Å². The van der Waals surface area contributed by atoms with Gasteiger partial charge in [0.25, 0.3) is 0 Å². The summed E-state index contributed by atoms with van der Waals surface area (Å²) >= 11 is 0. The van der Waals surface area contributed by atoms with Gasteiger partial charge < -0.3 is 20.3 Å². The number of ether oxygens (including phenoxy) is 1. The largest absolute Gasteiger partial charge is 0.495 e. The second-order valence-corrected chi connectivity index (χ2v) is 10.4. The van der Waals surface area contributed by atoms with Crippen LogP contribution in [0, 0.1) is 23.2 Å². The Hall–Kier alpha value is -2.57. The number of likely N-dealkylation sites (tertiary alicyclic amines) is 1. The Morgan fingerprint density at radius 2 is 1.69 bits per heavy atom. The molecule has 0 radical (unpaired) electrons. The molecular weight excluding hydrogens is 406 g/mol. The fraction of sp³-hybridized carbons (Fsp3) is 0.640. The summed E-state index contributed by atoms with van der Waals surface area (Å²) < 4.78 is 5.40. The molecule has 1 unspecified atom stereocenters. The van der Waals surface area contributed by atoms with Crippen molar-refractivity contribution >= 4 is 29.1 Å². The van der Waals surface area contributed by atoms with E-state index < -0.39 is 6.04 Å². The molecule has 4 saturated carbocycles. The molecular formula is C25H33N3O4. The van der Waals surface area contributed by atoms with E-state index in [0.717, 1.165) is 25.7 Å². The molecule has 4 bridgehead atoms. The molecule has 7 nitrogen and oxygen atoms in total. The van der Waals surface area contributed by atoms with Gasteiger partial charge in [0.05, 0.1) is 18.2 Å². The van der Waals surface area contributed by atoms with E-state index in [2.05, 4.69) is 10.6 Å². The molecule has 4 aliphatic carbocycles. The Morgan fingerprint density at radius 3 is 2.28 bits per heavy atom. The molecule has 172 valence electrons. The first-order valence-electron chi connectivity index (χ1n) is 11.9. The summed E-state index contributed by atoms with van der Waals surface area (Å²) in [6.45, 7) is 2.09. The van der Waals surface area contributed by atoms with E-state index in [0.29, 0.717) is 47.8 Å². The zero-order valence-corrected chi connectivity index (χ0v) is 19.0. The van der Waals surface area contributed by atoms with Crippen molar-refractivity contribution in [3.05, 3.63) is 18.2 Å². The lowest BCUT2D eigenvalue weighted by molar-refractivity contribution is -0.160. The summed E-state index contributed by atoms with van der Waals surface area (Å²) in [5.74, 6) is 2.45. The van der Waals surface area contributed by atoms with Gasteiger partial charge in [0.1, 0.15) is 11.8 Å². The lowest BCUT2D eigenvalue weighted by Gasteiger charge is -2.56. The van der Waals surface area contributed by atoms with Gasteiger partial charge in [-0.1, -0.05) is 0 Å². The third kappa shape index (κ3) is 3.76. The van der Waals surface area contributed by atoms with Crippen molar-refractivity contribution in [2.45, 2.75) is 64.3 Å². The SMILES string of the molecule is COc1ccc(NC(C)=O)cc1NC(=O)C1CCCN1C(=O)C12CC3CC(CC(C3)C1)C2. The van der Waals surface area contributed by atoms with Gasteiger partial charge in [-0.3, -0.25) is 14.4 Å². The van der Waals surface area contributed by atoms with Crippen LogP contribution < -0.4 is 15.4 Å². The average Bonchev–Trinajstić information content (AvgIpc) is 3.22. The van der Waals surface area contributed by atoms with Crippen LogP contribution in [0.2, 0.25) is 0 Å². The molecule has 1 atom stereocenters. The summed E-state index contributed by atoms with van der Waals surface area (Å²) in [7, 11) is 1.54. The number of rotatable bonds is 5. The summed E-state index contributed by atoms with van der Waals surface area (Å²) in [4.78, 5) is 40.4. The number of carbonyl (C=O) groups is 3.